The molecule has 1 saturated heterocycles. The van der Waals surface area contributed by atoms with Crippen molar-refractivity contribution in [2.75, 3.05) is 18.0 Å². The molecular formula is C15H15ClFN3O2. The maximum Gasteiger partial charge on any atom is 0.273 e. The fourth-order valence-electron chi connectivity index (χ4n) is 2.57. The van der Waals surface area contributed by atoms with E-state index in [1.807, 2.05) is 4.90 Å². The molecule has 1 N–H and O–H groups in total. The number of benzene rings is 1. The Balaban J connectivity index is 1.64. The van der Waals surface area contributed by atoms with E-state index in [-0.39, 0.29) is 17.0 Å². The number of aromatic nitrogens is 1. The lowest BCUT2D eigenvalue weighted by molar-refractivity contribution is 0.0934. The number of anilines is 1. The van der Waals surface area contributed by atoms with E-state index in [1.165, 1.54) is 18.5 Å². The molecule has 5 nitrogen and oxygen atoms in total. The maximum atomic E-state index is 13.5. The minimum absolute atomic E-state index is 0.0117. The van der Waals surface area contributed by atoms with E-state index in [4.69, 9.17) is 16.0 Å². The van der Waals surface area contributed by atoms with Crippen molar-refractivity contribution in [3.05, 3.63) is 46.9 Å². The molecule has 7 heteroatoms. The molecule has 1 atom stereocenters. The zero-order chi connectivity index (χ0) is 15.7. The molecule has 2 heterocycles. The highest BCUT2D eigenvalue weighted by Gasteiger charge is 2.26. The summed E-state index contributed by atoms with van der Waals surface area (Å²) < 4.78 is 18.6. The third-order valence-corrected chi connectivity index (χ3v) is 4.06. The first-order valence-corrected chi connectivity index (χ1v) is 7.33. The van der Waals surface area contributed by atoms with Crippen LogP contribution in [0.5, 0.6) is 0 Å². The van der Waals surface area contributed by atoms with Crippen LogP contribution >= 0.6 is 11.6 Å². The van der Waals surface area contributed by atoms with Gasteiger partial charge in [0, 0.05) is 24.8 Å². The zero-order valence-corrected chi connectivity index (χ0v) is 12.7. The maximum absolute atomic E-state index is 13.5. The van der Waals surface area contributed by atoms with E-state index in [9.17, 15) is 9.18 Å². The van der Waals surface area contributed by atoms with Crippen LogP contribution in [-0.4, -0.2) is 30.0 Å². The van der Waals surface area contributed by atoms with Crippen molar-refractivity contribution in [1.29, 1.82) is 0 Å². The number of oxazole rings is 1. The lowest BCUT2D eigenvalue weighted by Crippen LogP contribution is -2.37. The van der Waals surface area contributed by atoms with E-state index in [1.54, 1.807) is 13.0 Å². The Kier molecular flexibility index (Phi) is 4.02. The second-order valence-corrected chi connectivity index (χ2v) is 5.67. The normalized spacial score (nSPS) is 17.8. The molecule has 0 radical (unpaired) electrons. The van der Waals surface area contributed by atoms with E-state index in [0.717, 1.165) is 18.7 Å². The second-order valence-electron chi connectivity index (χ2n) is 5.26. The molecule has 3 rings (SSSR count). The van der Waals surface area contributed by atoms with Crippen molar-refractivity contribution < 1.29 is 13.6 Å². The molecule has 22 heavy (non-hydrogen) atoms. The Hall–Kier alpha value is -2.08. The Morgan fingerprint density at radius 2 is 2.36 bits per heavy atom. The van der Waals surface area contributed by atoms with Crippen LogP contribution in [0.1, 0.15) is 22.7 Å². The second kappa shape index (κ2) is 5.96. The van der Waals surface area contributed by atoms with Gasteiger partial charge in [-0.05, 0) is 31.5 Å². The standard InChI is InChI=1S/C15H15ClFN3O2/c1-9-14(18-8-22-9)15(21)19-10-4-5-20(7-10)11-2-3-12(16)13(17)6-11/h2-3,6,8,10H,4-5,7H2,1H3,(H,19,21)/t10-/m0/s1. The van der Waals surface area contributed by atoms with Crippen LogP contribution in [0.2, 0.25) is 5.02 Å². The summed E-state index contributed by atoms with van der Waals surface area (Å²) in [6.45, 7) is 3.05. The lowest BCUT2D eigenvalue weighted by atomic mass is 10.2. The Morgan fingerprint density at radius 3 is 3.05 bits per heavy atom. The molecule has 1 fully saturated rings. The first-order valence-electron chi connectivity index (χ1n) is 6.95. The number of amides is 1. The fourth-order valence-corrected chi connectivity index (χ4v) is 2.69. The molecular weight excluding hydrogens is 309 g/mol. The van der Waals surface area contributed by atoms with Crippen LogP contribution in [0.15, 0.2) is 29.0 Å². The topological polar surface area (TPSA) is 58.4 Å². The summed E-state index contributed by atoms with van der Waals surface area (Å²) in [5, 5.41) is 3.03. The predicted octanol–water partition coefficient (Wildman–Crippen LogP) is 2.78. The van der Waals surface area contributed by atoms with Crippen LogP contribution < -0.4 is 10.2 Å². The molecule has 0 unspecified atom stereocenters. The lowest BCUT2D eigenvalue weighted by Gasteiger charge is -2.19. The van der Waals surface area contributed by atoms with Gasteiger partial charge in [-0.25, -0.2) is 9.37 Å². The van der Waals surface area contributed by atoms with Gasteiger partial charge in [0.2, 0.25) is 0 Å². The van der Waals surface area contributed by atoms with Crippen molar-refractivity contribution in [2.45, 2.75) is 19.4 Å². The van der Waals surface area contributed by atoms with Gasteiger partial charge in [0.1, 0.15) is 11.6 Å². The molecule has 116 valence electrons. The third kappa shape index (κ3) is 2.92. The van der Waals surface area contributed by atoms with Gasteiger partial charge in [-0.3, -0.25) is 4.79 Å². The number of rotatable bonds is 3. The summed E-state index contributed by atoms with van der Waals surface area (Å²) in [5.41, 5.74) is 1.06. The smallest absolute Gasteiger partial charge is 0.273 e. The summed E-state index contributed by atoms with van der Waals surface area (Å²) in [6, 6.07) is 4.71. The molecule has 0 spiro atoms. The van der Waals surface area contributed by atoms with Crippen molar-refractivity contribution in [3.63, 3.8) is 0 Å². The van der Waals surface area contributed by atoms with Gasteiger partial charge < -0.3 is 14.6 Å². The fraction of sp³-hybridized carbons (Fsp3) is 0.333. The molecule has 1 amide bonds. The third-order valence-electron chi connectivity index (χ3n) is 3.75. The van der Waals surface area contributed by atoms with E-state index < -0.39 is 5.82 Å². The van der Waals surface area contributed by atoms with Gasteiger partial charge in [-0.2, -0.15) is 0 Å². The number of carbonyl (C=O) groups excluding carboxylic acids is 1. The van der Waals surface area contributed by atoms with E-state index in [2.05, 4.69) is 10.3 Å². The van der Waals surface area contributed by atoms with Gasteiger partial charge >= 0.3 is 0 Å². The van der Waals surface area contributed by atoms with Crippen molar-refractivity contribution in [1.82, 2.24) is 10.3 Å². The Bertz CT molecular complexity index is 704. The van der Waals surface area contributed by atoms with Gasteiger partial charge in [-0.1, -0.05) is 11.6 Å². The summed E-state index contributed by atoms with van der Waals surface area (Å²) in [4.78, 5) is 18.0. The van der Waals surface area contributed by atoms with Crippen molar-refractivity contribution in [3.8, 4) is 0 Å². The number of carbonyl (C=O) groups is 1. The average molecular weight is 324 g/mol. The molecule has 1 aliphatic heterocycles. The van der Waals surface area contributed by atoms with Crippen LogP contribution in [0.25, 0.3) is 0 Å². The first-order chi connectivity index (χ1) is 10.5. The molecule has 1 aromatic heterocycles. The molecule has 0 bridgehead atoms. The summed E-state index contributed by atoms with van der Waals surface area (Å²) in [7, 11) is 0. The minimum atomic E-state index is -0.440. The van der Waals surface area contributed by atoms with Gasteiger partial charge in [0.05, 0.1) is 5.02 Å². The number of halogens is 2. The molecule has 0 saturated carbocycles. The number of hydrogen-bond acceptors (Lipinski definition) is 4. The van der Waals surface area contributed by atoms with Gasteiger partial charge in [-0.15, -0.1) is 0 Å². The van der Waals surface area contributed by atoms with Crippen LogP contribution in [0.3, 0.4) is 0 Å². The highest BCUT2D eigenvalue weighted by atomic mass is 35.5. The SMILES string of the molecule is Cc1ocnc1C(=O)N[C@H]1CCN(c2ccc(Cl)c(F)c2)C1. The molecule has 1 aliphatic rings. The van der Waals surface area contributed by atoms with Crippen LogP contribution in [-0.2, 0) is 0 Å². The monoisotopic (exact) mass is 323 g/mol. The highest BCUT2D eigenvalue weighted by molar-refractivity contribution is 6.30. The number of aryl methyl sites for hydroxylation is 1. The first kappa shape index (κ1) is 14.8. The Morgan fingerprint density at radius 1 is 1.55 bits per heavy atom. The summed E-state index contributed by atoms with van der Waals surface area (Å²) >= 11 is 5.69. The van der Waals surface area contributed by atoms with Crippen LogP contribution in [0.4, 0.5) is 10.1 Å². The molecule has 2 aromatic rings. The quantitative estimate of drug-likeness (QED) is 0.943. The average Bonchev–Trinajstić information content (AvgIpc) is 3.11. The molecule has 0 aliphatic carbocycles. The van der Waals surface area contributed by atoms with E-state index in [0.29, 0.717) is 18.0 Å². The highest BCUT2D eigenvalue weighted by Crippen LogP contribution is 2.25. The number of hydrogen-bond donors (Lipinski definition) is 1. The number of nitrogens with one attached hydrogen (secondary N) is 1. The zero-order valence-electron chi connectivity index (χ0n) is 12.0. The van der Waals surface area contributed by atoms with Gasteiger partial charge in [0.15, 0.2) is 12.1 Å². The van der Waals surface area contributed by atoms with Gasteiger partial charge in [0.25, 0.3) is 5.91 Å². The van der Waals surface area contributed by atoms with Crippen molar-refractivity contribution in [2.24, 2.45) is 0 Å². The molecule has 1 aromatic carbocycles. The summed E-state index contributed by atoms with van der Waals surface area (Å²) in [6.07, 6.45) is 2.04. The largest absolute Gasteiger partial charge is 0.448 e. The Labute approximate surface area is 132 Å². The predicted molar refractivity (Wildman–Crippen MR) is 80.7 cm³/mol. The minimum Gasteiger partial charge on any atom is -0.448 e. The number of nitrogens with zero attached hydrogens (tertiary/aromatic N) is 2. The van der Waals surface area contributed by atoms with Crippen molar-refractivity contribution >= 4 is 23.2 Å². The van der Waals surface area contributed by atoms with Crippen LogP contribution in [0, 0.1) is 12.7 Å². The van der Waals surface area contributed by atoms with E-state index >= 15 is 0 Å². The summed E-state index contributed by atoms with van der Waals surface area (Å²) in [5.74, 6) is -0.197.